The van der Waals surface area contributed by atoms with Gasteiger partial charge in [0.05, 0.1) is 19.3 Å². The summed E-state index contributed by atoms with van der Waals surface area (Å²) in [6.07, 6.45) is 4.90. The summed E-state index contributed by atoms with van der Waals surface area (Å²) in [5.41, 5.74) is 24.9. The lowest BCUT2D eigenvalue weighted by Gasteiger charge is -2.30. The Morgan fingerprint density at radius 1 is 0.622 bits per heavy atom. The van der Waals surface area contributed by atoms with Crippen LogP contribution in [0.15, 0.2) is 65.9 Å². The Morgan fingerprint density at radius 2 is 1.15 bits per heavy atom. The van der Waals surface area contributed by atoms with Crippen molar-refractivity contribution in [1.29, 1.82) is 0 Å². The van der Waals surface area contributed by atoms with Crippen molar-refractivity contribution in [2.45, 2.75) is 171 Å². The first-order valence-electron chi connectivity index (χ1n) is 32.5. The van der Waals surface area contributed by atoms with Crippen molar-refractivity contribution >= 4 is 110 Å². The number of nitrogens with two attached hydrogens (primary N) is 4. The lowest BCUT2D eigenvalue weighted by Crippen LogP contribution is -2.61. The molecule has 1 saturated heterocycles. The monoisotopic (exact) mass is 1390 g/mol. The van der Waals surface area contributed by atoms with Gasteiger partial charge in [-0.15, -0.1) is 0 Å². The van der Waals surface area contributed by atoms with E-state index < -0.39 is 163 Å². The predicted octanol–water partition coefficient (Wildman–Crippen LogP) is -3.68. The van der Waals surface area contributed by atoms with Gasteiger partial charge in [-0.2, -0.15) is 11.8 Å². The summed E-state index contributed by atoms with van der Waals surface area (Å²) in [6.45, 7) is 6.12. The fourth-order valence-electron chi connectivity index (χ4n) is 11.0. The lowest BCUT2D eigenvalue weighted by atomic mass is 9.99. The molecule has 1 aliphatic heterocycles. The number of H-pyrrole nitrogens is 2. The van der Waals surface area contributed by atoms with E-state index in [4.69, 9.17) is 28.0 Å². The fraction of sp³-hybridized carbons (Fsp3) is 0.547. The van der Waals surface area contributed by atoms with Crippen molar-refractivity contribution in [3.8, 4) is 0 Å². The highest BCUT2D eigenvalue weighted by atomic mass is 32.2. The molecule has 5 rings (SSSR count). The molecule has 538 valence electrons. The van der Waals surface area contributed by atoms with Crippen LogP contribution < -0.4 is 76.1 Å². The summed E-state index contributed by atoms with van der Waals surface area (Å²) >= 11 is 1.37. The van der Waals surface area contributed by atoms with E-state index in [1.165, 1.54) is 37.4 Å². The summed E-state index contributed by atoms with van der Waals surface area (Å²) in [4.78, 5) is 177. The van der Waals surface area contributed by atoms with E-state index in [1.54, 1.807) is 44.6 Å². The molecule has 98 heavy (non-hydrogen) atoms. The van der Waals surface area contributed by atoms with E-state index in [-0.39, 0.29) is 70.5 Å². The first-order valence-corrected chi connectivity index (χ1v) is 33.9. The van der Waals surface area contributed by atoms with Crippen molar-refractivity contribution in [2.75, 3.05) is 44.8 Å². The number of fused-ring (bicyclic) bond motifs is 2. The topological polar surface area (TPSA) is 537 Å². The SMILES string of the molecule is CSCC[C@H](NC(=O)[C@H](CCCCN)NC(=O)[C@H](Cc1c[nH]c2ccccc12)NC(=O)[C@@H]1CCCN1C(=O)[C@H](C)NC(=O)CNC(=O)[C@@H](NC(=O)[C@H](C)NC(=O)[C@@H](N)CO)[C@@H](C)O)C(=O)N[C@@H](Cc1c[nH]c2ccccc12)C(=O)N[C@H](C(=O)N[C@@H](CCCN=C(N)N)C(=O)O)C(C)C. The summed E-state index contributed by atoms with van der Waals surface area (Å²) < 4.78 is 0. The molecule has 2 aromatic heterocycles. The number of aromatic amines is 2. The predicted molar refractivity (Wildman–Crippen MR) is 366 cm³/mol. The highest BCUT2D eigenvalue weighted by Gasteiger charge is 2.40. The highest BCUT2D eigenvalue weighted by molar-refractivity contribution is 7.98. The number of benzene rings is 2. The van der Waals surface area contributed by atoms with Crippen LogP contribution in [-0.4, -0.2) is 224 Å². The molecule has 0 spiro atoms. The number of para-hydroxylation sites is 2. The van der Waals surface area contributed by atoms with Gasteiger partial charge in [0.1, 0.15) is 66.5 Å². The number of carbonyl (C=O) groups excluding carboxylic acids is 11. The molecule has 4 aromatic rings. The van der Waals surface area contributed by atoms with Gasteiger partial charge in [0.2, 0.25) is 65.0 Å². The number of hydrogen-bond donors (Lipinski definition) is 19. The van der Waals surface area contributed by atoms with E-state index in [0.717, 1.165) is 21.8 Å². The molecule has 0 aliphatic carbocycles. The number of nitrogens with zero attached hydrogens (tertiary/aromatic N) is 2. The van der Waals surface area contributed by atoms with Crippen LogP contribution in [0.1, 0.15) is 97.1 Å². The average molecular weight is 1390 g/mol. The van der Waals surface area contributed by atoms with Crippen molar-refractivity contribution in [1.82, 2.24) is 68.0 Å². The van der Waals surface area contributed by atoms with E-state index in [2.05, 4.69) is 68.1 Å². The minimum atomic E-state index is -1.60. The van der Waals surface area contributed by atoms with Crippen molar-refractivity contribution in [2.24, 2.45) is 33.8 Å². The summed E-state index contributed by atoms with van der Waals surface area (Å²) in [6, 6.07) is -0.194. The Bertz CT molecular complexity index is 3450. The van der Waals surface area contributed by atoms with Gasteiger partial charge >= 0.3 is 5.97 Å². The lowest BCUT2D eigenvalue weighted by molar-refractivity contribution is -0.143. The zero-order chi connectivity index (χ0) is 72.3. The van der Waals surface area contributed by atoms with Gasteiger partial charge in [-0.3, -0.25) is 57.7 Å². The molecule has 12 atom stereocenters. The molecular weight excluding hydrogens is 1290 g/mol. The van der Waals surface area contributed by atoms with Gasteiger partial charge in [-0.05, 0) is 120 Å². The molecular formula is C64H96N18O15S. The number of hydrogen-bond acceptors (Lipinski definition) is 18. The highest BCUT2D eigenvalue weighted by Crippen LogP contribution is 2.23. The number of thioether (sulfide) groups is 1. The van der Waals surface area contributed by atoms with E-state index in [1.807, 2.05) is 36.4 Å². The number of aliphatic imine (C=N–C) groups is 1. The number of aliphatic carboxylic acids is 1. The minimum absolute atomic E-state index is 0.0153. The number of carboxylic acids is 1. The molecule has 34 heteroatoms. The second-order valence-corrected chi connectivity index (χ2v) is 25.4. The number of nitrogens with one attached hydrogen (secondary N) is 12. The van der Waals surface area contributed by atoms with Crippen LogP contribution in [0, 0.1) is 5.92 Å². The fourth-order valence-corrected chi connectivity index (χ4v) is 11.4. The van der Waals surface area contributed by atoms with E-state index in [0.29, 0.717) is 36.1 Å². The Kier molecular flexibility index (Phi) is 31.7. The van der Waals surface area contributed by atoms with Crippen molar-refractivity contribution < 1.29 is 72.9 Å². The van der Waals surface area contributed by atoms with Gasteiger partial charge in [0.15, 0.2) is 5.96 Å². The number of carboxylic acid groups (broad SMARTS) is 1. The minimum Gasteiger partial charge on any atom is -0.480 e. The molecule has 2 aromatic carbocycles. The summed E-state index contributed by atoms with van der Waals surface area (Å²) in [5.74, 6) is -10.8. The maximum Gasteiger partial charge on any atom is 0.326 e. The standard InChI is InChI=1S/C64H96N18O15S/c1-33(2)51(61(94)77-46(63(96)97)20-13-24-69-64(67)68)80-58(91)48(28-38-30-71-43-18-10-8-16-40(38)43)78-56(89)45(22-26-98-6)76-55(88)44(19-11-12-23-65)75-57(90)47(27-37-29-70-42-17-9-7-15-39(37)42)79-59(92)49-21-14-25-82(49)62(95)35(4)73-50(85)31-72-60(93)52(36(5)84)81-53(86)34(3)74-54(87)41(66)32-83/h7-10,15-18,29-30,33-36,41,44-49,51-52,70-71,83-84H,11-14,19-28,31-32,65-66H2,1-6H3,(H,72,93)(H,73,85)(H,74,87)(H,75,90)(H,76,88)(H,77,94)(H,78,89)(H,79,92)(H,80,91)(H,81,86)(H,96,97)(H4,67,68,69)/t34-,35-,36+,41-,44-,45-,46-,47-,48-,49-,51-,52-/m0/s1. The van der Waals surface area contributed by atoms with Gasteiger partial charge in [0.25, 0.3) is 0 Å². The third-order valence-corrected chi connectivity index (χ3v) is 17.1. The van der Waals surface area contributed by atoms with Crippen molar-refractivity contribution in [3.05, 3.63) is 72.1 Å². The molecule has 33 nitrogen and oxygen atoms in total. The van der Waals surface area contributed by atoms with Crippen LogP contribution in [-0.2, 0) is 70.4 Å². The van der Waals surface area contributed by atoms with Crippen LogP contribution in [0.5, 0.6) is 0 Å². The average Bonchev–Trinajstić information content (AvgIpc) is 1.64. The van der Waals surface area contributed by atoms with E-state index >= 15 is 0 Å². The maximum atomic E-state index is 14.9. The molecule has 0 radical (unpaired) electrons. The van der Waals surface area contributed by atoms with Crippen LogP contribution in [0.3, 0.4) is 0 Å². The van der Waals surface area contributed by atoms with Crippen molar-refractivity contribution in [3.63, 3.8) is 0 Å². The molecule has 0 bridgehead atoms. The Labute approximate surface area is 571 Å². The Morgan fingerprint density at radius 3 is 1.70 bits per heavy atom. The number of rotatable bonds is 40. The van der Waals surface area contributed by atoms with Crippen LogP contribution in [0.4, 0.5) is 0 Å². The maximum absolute atomic E-state index is 14.9. The van der Waals surface area contributed by atoms with E-state index in [9.17, 15) is 67.7 Å². The molecule has 1 aliphatic rings. The molecule has 3 heterocycles. The number of guanidine groups is 1. The molecule has 0 unspecified atom stereocenters. The first kappa shape index (κ1) is 79.3. The number of aliphatic hydroxyl groups is 2. The number of amides is 11. The van der Waals surface area contributed by atoms with Gasteiger partial charge < -0.3 is 106 Å². The van der Waals surface area contributed by atoms with Crippen LogP contribution >= 0.6 is 11.8 Å². The number of aliphatic hydroxyl groups excluding tert-OH is 2. The number of likely N-dealkylation sites (tertiary alicyclic amines) is 1. The Balaban J connectivity index is 1.35. The second kappa shape index (κ2) is 39.1. The third-order valence-electron chi connectivity index (χ3n) is 16.5. The number of carbonyl (C=O) groups is 12. The largest absolute Gasteiger partial charge is 0.480 e. The normalized spacial score (nSPS) is 16.2. The number of aromatic nitrogens is 2. The van der Waals surface area contributed by atoms with Gasteiger partial charge in [-0.25, -0.2) is 4.79 Å². The van der Waals surface area contributed by atoms with Crippen LogP contribution in [0.25, 0.3) is 21.8 Å². The second-order valence-electron chi connectivity index (χ2n) is 24.5. The molecule has 11 amide bonds. The summed E-state index contributed by atoms with van der Waals surface area (Å²) in [5, 5.41) is 56.8. The zero-order valence-corrected chi connectivity index (χ0v) is 56.8. The van der Waals surface area contributed by atoms with Crippen LogP contribution in [0.2, 0.25) is 0 Å². The van der Waals surface area contributed by atoms with Gasteiger partial charge in [-0.1, -0.05) is 50.2 Å². The quantitative estimate of drug-likeness (QED) is 0.0116. The smallest absolute Gasteiger partial charge is 0.326 e. The zero-order valence-electron chi connectivity index (χ0n) is 55.9. The Hall–Kier alpha value is -9.38. The van der Waals surface area contributed by atoms with Gasteiger partial charge in [0, 0.05) is 60.1 Å². The summed E-state index contributed by atoms with van der Waals surface area (Å²) in [7, 11) is 0. The third kappa shape index (κ3) is 23.7. The molecule has 0 saturated carbocycles. The first-order chi connectivity index (χ1) is 46.6. The molecule has 1 fully saturated rings. The number of unbranched alkanes of at least 4 members (excludes halogenated alkanes) is 1. The molecule has 23 N–H and O–H groups in total.